The largest absolute Gasteiger partial charge is 0.461 e. The van der Waals surface area contributed by atoms with E-state index in [-0.39, 0.29) is 35.5 Å². The van der Waals surface area contributed by atoms with Gasteiger partial charge in [-0.3, -0.25) is 18.9 Å². The predicted octanol–water partition coefficient (Wildman–Crippen LogP) is 2.34. The number of aromatic nitrogens is 5. The molecule has 0 saturated carbocycles. The zero-order valence-corrected chi connectivity index (χ0v) is 22.2. The molecule has 1 saturated heterocycles. The molecule has 0 radical (unpaired) electrons. The first-order chi connectivity index (χ1) is 17.5. The zero-order chi connectivity index (χ0) is 26.5. The number of nitrogens with zero attached hydrogens (tertiary/aromatic N) is 5. The number of hydrogen-bond donors (Lipinski definition) is 2. The summed E-state index contributed by atoms with van der Waals surface area (Å²) in [4.78, 5) is 27.5. The number of rotatable bonds is 6. The maximum absolute atomic E-state index is 15.6. The van der Waals surface area contributed by atoms with E-state index in [0.717, 1.165) is 5.56 Å². The molecule has 0 aliphatic carbocycles. The molecule has 16 heteroatoms. The highest BCUT2D eigenvalue weighted by Crippen LogP contribution is 2.55. The van der Waals surface area contributed by atoms with Crippen molar-refractivity contribution in [2.75, 3.05) is 18.5 Å². The van der Waals surface area contributed by atoms with Crippen molar-refractivity contribution in [2.24, 2.45) is 0 Å². The molecule has 3 aromatic rings. The smallest absolute Gasteiger partial charge is 0.379 e. The maximum atomic E-state index is 15.6. The normalized spacial score (nSPS) is 29.2. The molecular weight excluding hydrogens is 578 g/mol. The van der Waals surface area contributed by atoms with E-state index in [1.807, 2.05) is 0 Å². The Morgan fingerprint density at radius 2 is 2.19 bits per heavy atom. The summed E-state index contributed by atoms with van der Waals surface area (Å²) in [6.07, 6.45) is 0.0898. The van der Waals surface area contributed by atoms with Crippen molar-refractivity contribution in [2.45, 2.75) is 49.9 Å². The van der Waals surface area contributed by atoms with Crippen LogP contribution in [-0.4, -0.2) is 65.1 Å². The molecular formula is C21H23BrFN6O7P. The second-order valence-corrected chi connectivity index (χ2v) is 12.0. The number of aliphatic hydroxyl groups excluding tert-OH is 1. The van der Waals surface area contributed by atoms with Gasteiger partial charge in [-0.25, -0.2) is 23.9 Å². The summed E-state index contributed by atoms with van der Waals surface area (Å²) in [5.41, 5.74) is 8.11. The number of aryl methyl sites for hydroxylation is 1. The number of imidazole rings is 1. The van der Waals surface area contributed by atoms with Gasteiger partial charge in [0, 0.05) is 24.2 Å². The van der Waals surface area contributed by atoms with Crippen molar-refractivity contribution in [3.63, 3.8) is 0 Å². The third kappa shape index (κ3) is 4.70. The number of pyridine rings is 1. The Morgan fingerprint density at radius 1 is 1.41 bits per heavy atom. The molecule has 5 heterocycles. The van der Waals surface area contributed by atoms with E-state index >= 15 is 4.39 Å². The number of nitrogen functional groups attached to an aromatic ring is 1. The number of alkyl halides is 2. The summed E-state index contributed by atoms with van der Waals surface area (Å²) < 4.78 is 50.1. The number of fused-ring (bicyclic) bond motifs is 2. The number of carbonyl (C=O) groups is 1. The van der Waals surface area contributed by atoms with E-state index in [4.69, 9.17) is 24.3 Å². The van der Waals surface area contributed by atoms with Gasteiger partial charge in [-0.1, -0.05) is 0 Å². The lowest BCUT2D eigenvalue weighted by atomic mass is 10.1. The Bertz CT molecular complexity index is 1420. The highest BCUT2D eigenvalue weighted by atomic mass is 79.9. The Morgan fingerprint density at radius 3 is 2.95 bits per heavy atom. The standard InChI is InChI=1S/C21H23BrFN6O7P/c1-10-16-13(12(5-25-10)6-33-11(2)30)3-4-37(32,36-16)34-7-14-17(31)21(22,23)20(35-14)29-9-28-15-18(24)26-8-27-19(15)29/h5,8-9,14,17,20,31H,3-4,6-7H2,1-2H3,(H2,24,26,27)/t14-,17+,20-,21?,37?/m1/s1. The number of esters is 1. The van der Waals surface area contributed by atoms with Crippen LogP contribution >= 0.6 is 23.5 Å². The minimum atomic E-state index is -3.71. The summed E-state index contributed by atoms with van der Waals surface area (Å²) in [5.74, 6) is -0.0499. The lowest BCUT2D eigenvalue weighted by Crippen LogP contribution is -2.38. The average molecular weight is 601 g/mol. The van der Waals surface area contributed by atoms with Crippen LogP contribution in [0.25, 0.3) is 11.2 Å². The highest BCUT2D eigenvalue weighted by molar-refractivity contribution is 9.10. The van der Waals surface area contributed by atoms with Crippen LogP contribution in [0.2, 0.25) is 0 Å². The van der Waals surface area contributed by atoms with Crippen LogP contribution in [0.15, 0.2) is 18.9 Å². The Balaban J connectivity index is 1.32. The summed E-state index contributed by atoms with van der Waals surface area (Å²) >= 11 is 2.92. The fourth-order valence-corrected chi connectivity index (χ4v) is 6.52. The van der Waals surface area contributed by atoms with Crippen LogP contribution in [0.3, 0.4) is 0 Å². The van der Waals surface area contributed by atoms with Gasteiger partial charge in [0.1, 0.15) is 30.7 Å². The van der Waals surface area contributed by atoms with Crippen molar-refractivity contribution < 1.29 is 37.4 Å². The monoisotopic (exact) mass is 600 g/mol. The fraction of sp³-hybridized carbons (Fsp3) is 0.476. The lowest BCUT2D eigenvalue weighted by molar-refractivity contribution is -0.142. The number of aliphatic hydroxyl groups is 1. The van der Waals surface area contributed by atoms with Crippen molar-refractivity contribution in [1.82, 2.24) is 24.5 Å². The van der Waals surface area contributed by atoms with Gasteiger partial charge in [0.25, 0.3) is 0 Å². The van der Waals surface area contributed by atoms with Crippen LogP contribution in [-0.2, 0) is 36.4 Å². The molecule has 1 fully saturated rings. The van der Waals surface area contributed by atoms with Crippen molar-refractivity contribution in [3.8, 4) is 5.75 Å². The van der Waals surface area contributed by atoms with E-state index in [2.05, 4.69) is 35.9 Å². The Hall–Kier alpha value is -2.71. The van der Waals surface area contributed by atoms with Crippen molar-refractivity contribution in [3.05, 3.63) is 35.7 Å². The molecule has 198 valence electrons. The van der Waals surface area contributed by atoms with Gasteiger partial charge >= 0.3 is 13.6 Å². The molecule has 2 unspecified atom stereocenters. The molecule has 37 heavy (non-hydrogen) atoms. The van der Waals surface area contributed by atoms with E-state index in [9.17, 15) is 14.5 Å². The molecule has 0 spiro atoms. The molecule has 0 bridgehead atoms. The van der Waals surface area contributed by atoms with Gasteiger partial charge in [0.2, 0.25) is 4.58 Å². The SMILES string of the molecule is CC(=O)OCc1cnc(C)c2c1CCP(=O)(OC[C@H]1O[C@@H](n3cnc4c(N)ncnc43)C(F)(Br)[C@H]1O)O2. The molecule has 5 atom stereocenters. The van der Waals surface area contributed by atoms with Gasteiger partial charge in [0.15, 0.2) is 23.4 Å². The number of halogens is 2. The fourth-order valence-electron chi connectivity index (χ4n) is 4.23. The van der Waals surface area contributed by atoms with Gasteiger partial charge in [-0.15, -0.1) is 0 Å². The third-order valence-electron chi connectivity index (χ3n) is 6.16. The third-order valence-corrected chi connectivity index (χ3v) is 8.79. The molecule has 2 aliphatic heterocycles. The predicted molar refractivity (Wildman–Crippen MR) is 130 cm³/mol. The molecule has 2 aliphatic rings. The summed E-state index contributed by atoms with van der Waals surface area (Å²) in [6.45, 7) is 2.57. The van der Waals surface area contributed by atoms with E-state index in [1.54, 1.807) is 13.1 Å². The Labute approximate surface area is 218 Å². The molecule has 3 N–H and O–H groups in total. The van der Waals surface area contributed by atoms with Crippen molar-refractivity contribution in [1.29, 1.82) is 0 Å². The van der Waals surface area contributed by atoms with Crippen LogP contribution in [0.4, 0.5) is 10.2 Å². The molecule has 5 rings (SSSR count). The number of nitrogens with two attached hydrogens (primary N) is 1. The van der Waals surface area contributed by atoms with Gasteiger partial charge < -0.3 is 24.8 Å². The van der Waals surface area contributed by atoms with Crippen LogP contribution in [0, 0.1) is 6.92 Å². The van der Waals surface area contributed by atoms with Crippen LogP contribution in [0.1, 0.15) is 30.0 Å². The number of ether oxygens (including phenoxy) is 2. The number of carbonyl (C=O) groups excluding carboxylic acids is 1. The van der Waals surface area contributed by atoms with E-state index in [1.165, 1.54) is 24.1 Å². The second-order valence-electron chi connectivity index (χ2n) is 8.66. The topological polar surface area (TPSA) is 174 Å². The molecule has 0 aromatic carbocycles. The quantitative estimate of drug-likeness (QED) is 0.240. The van der Waals surface area contributed by atoms with Gasteiger partial charge in [-0.05, 0) is 29.3 Å². The number of hydrogen-bond acceptors (Lipinski definition) is 12. The first-order valence-electron chi connectivity index (χ1n) is 11.2. The van der Waals surface area contributed by atoms with E-state index < -0.39 is 43.2 Å². The van der Waals surface area contributed by atoms with Crippen LogP contribution in [0.5, 0.6) is 5.75 Å². The van der Waals surface area contributed by atoms with E-state index in [0.29, 0.717) is 17.7 Å². The Kier molecular flexibility index (Phi) is 6.69. The average Bonchev–Trinajstić information content (AvgIpc) is 3.37. The second kappa shape index (κ2) is 9.55. The highest BCUT2D eigenvalue weighted by Gasteiger charge is 2.57. The first-order valence-corrected chi connectivity index (χ1v) is 13.7. The minimum Gasteiger partial charge on any atom is -0.461 e. The molecule has 13 nitrogen and oxygen atoms in total. The summed E-state index contributed by atoms with van der Waals surface area (Å²) in [7, 11) is -3.71. The maximum Gasteiger partial charge on any atom is 0.379 e. The zero-order valence-electron chi connectivity index (χ0n) is 19.7. The molecule has 0 amide bonds. The van der Waals surface area contributed by atoms with Crippen LogP contribution < -0.4 is 10.3 Å². The minimum absolute atomic E-state index is 0.00624. The summed E-state index contributed by atoms with van der Waals surface area (Å²) in [6, 6.07) is 0. The first kappa shape index (κ1) is 25.9. The number of anilines is 1. The van der Waals surface area contributed by atoms with Crippen molar-refractivity contribution >= 4 is 46.5 Å². The lowest BCUT2D eigenvalue weighted by Gasteiger charge is -2.28. The van der Waals surface area contributed by atoms with Gasteiger partial charge in [-0.2, -0.15) is 0 Å². The summed E-state index contributed by atoms with van der Waals surface area (Å²) in [5, 5.41) is 10.7. The van der Waals surface area contributed by atoms with Gasteiger partial charge in [0.05, 0.1) is 24.8 Å². The molecule has 3 aromatic heterocycles.